The van der Waals surface area contributed by atoms with Crippen LogP contribution in [-0.4, -0.2) is 6.54 Å². The lowest BCUT2D eigenvalue weighted by atomic mass is 10.4. The molecule has 13 heavy (non-hydrogen) atoms. The molecule has 66 valence electrons. The average molecular weight is 212 g/mol. The van der Waals surface area contributed by atoms with Gasteiger partial charge in [-0.05, 0) is 17.7 Å². The number of halogens is 1. The van der Waals surface area contributed by atoms with Crippen molar-refractivity contribution in [2.24, 2.45) is 5.11 Å². The molecule has 1 aromatic rings. The molecule has 1 rings (SSSR count). The fraction of sp³-hybridized carbons (Fsp3) is 0.250. The summed E-state index contributed by atoms with van der Waals surface area (Å²) < 4.78 is 0.736. The third kappa shape index (κ3) is 3.86. The lowest BCUT2D eigenvalue weighted by Crippen LogP contribution is -1.72. The van der Waals surface area contributed by atoms with Crippen LogP contribution in [-0.2, 0) is 0 Å². The minimum Gasteiger partial charge on any atom is -0.115 e. The van der Waals surface area contributed by atoms with Gasteiger partial charge in [-0.3, -0.25) is 0 Å². The van der Waals surface area contributed by atoms with Crippen molar-refractivity contribution in [1.82, 2.24) is 0 Å². The van der Waals surface area contributed by atoms with Crippen LogP contribution in [0.2, 0.25) is 4.34 Å². The first-order chi connectivity index (χ1) is 6.33. The summed E-state index contributed by atoms with van der Waals surface area (Å²) in [6.07, 6.45) is 0.583. The summed E-state index contributed by atoms with van der Waals surface area (Å²) in [6.45, 7) is 0.419. The highest BCUT2D eigenvalue weighted by atomic mass is 35.5. The van der Waals surface area contributed by atoms with E-state index in [1.807, 2.05) is 12.1 Å². The largest absolute Gasteiger partial charge is 0.115 e. The number of hydrogen-bond donors (Lipinski definition) is 0. The molecule has 0 aromatic carbocycles. The number of rotatable bonds is 2. The van der Waals surface area contributed by atoms with Gasteiger partial charge in [0.25, 0.3) is 0 Å². The predicted octanol–water partition coefficient (Wildman–Crippen LogP) is 3.45. The molecule has 0 aliphatic heterocycles. The molecule has 0 fully saturated rings. The van der Waals surface area contributed by atoms with Crippen LogP contribution in [0.25, 0.3) is 10.4 Å². The van der Waals surface area contributed by atoms with Crippen molar-refractivity contribution in [3.05, 3.63) is 31.8 Å². The summed E-state index contributed by atoms with van der Waals surface area (Å²) in [4.78, 5) is 3.56. The highest BCUT2D eigenvalue weighted by Gasteiger charge is 1.91. The fourth-order valence-corrected chi connectivity index (χ4v) is 1.60. The molecule has 3 nitrogen and oxygen atoms in total. The van der Waals surface area contributed by atoms with Crippen LogP contribution < -0.4 is 0 Å². The van der Waals surface area contributed by atoms with Gasteiger partial charge in [0.15, 0.2) is 0 Å². The average Bonchev–Trinajstić information content (AvgIpc) is 2.51. The van der Waals surface area contributed by atoms with Crippen LogP contribution in [0.5, 0.6) is 0 Å². The van der Waals surface area contributed by atoms with E-state index in [4.69, 9.17) is 17.1 Å². The van der Waals surface area contributed by atoms with E-state index in [1.165, 1.54) is 11.3 Å². The zero-order chi connectivity index (χ0) is 9.52. The minimum atomic E-state index is 0.419. The van der Waals surface area contributed by atoms with Gasteiger partial charge in [0.05, 0.1) is 9.21 Å². The van der Waals surface area contributed by atoms with Crippen LogP contribution in [0.1, 0.15) is 11.3 Å². The van der Waals surface area contributed by atoms with E-state index in [9.17, 15) is 0 Å². The standard InChI is InChI=1S/C8H6ClN3S/c9-8-5-4-7(13-8)3-1-2-6-11-12-10/h4-5H,2,6H2. The van der Waals surface area contributed by atoms with Crippen molar-refractivity contribution in [1.29, 1.82) is 0 Å². The highest BCUT2D eigenvalue weighted by molar-refractivity contribution is 7.16. The van der Waals surface area contributed by atoms with Gasteiger partial charge in [0, 0.05) is 17.9 Å². The highest BCUT2D eigenvalue weighted by Crippen LogP contribution is 2.20. The monoisotopic (exact) mass is 211 g/mol. The minimum absolute atomic E-state index is 0.419. The van der Waals surface area contributed by atoms with E-state index in [0.29, 0.717) is 13.0 Å². The molecule has 1 heterocycles. The molecule has 0 radical (unpaired) electrons. The van der Waals surface area contributed by atoms with E-state index in [0.717, 1.165) is 9.21 Å². The van der Waals surface area contributed by atoms with Gasteiger partial charge >= 0.3 is 0 Å². The Kier molecular flexibility index (Phi) is 4.20. The van der Waals surface area contributed by atoms with Gasteiger partial charge in [0.2, 0.25) is 0 Å². The molecule has 0 aliphatic rings. The first kappa shape index (κ1) is 9.94. The number of nitrogens with zero attached hydrogens (tertiary/aromatic N) is 3. The molecule has 0 bridgehead atoms. The third-order valence-electron chi connectivity index (χ3n) is 1.18. The topological polar surface area (TPSA) is 48.8 Å². The first-order valence-electron chi connectivity index (χ1n) is 3.58. The maximum Gasteiger partial charge on any atom is 0.0941 e. The summed E-state index contributed by atoms with van der Waals surface area (Å²) >= 11 is 7.15. The quantitative estimate of drug-likeness (QED) is 0.237. The second-order valence-corrected chi connectivity index (χ2v) is 3.83. The molecule has 0 unspecified atom stereocenters. The van der Waals surface area contributed by atoms with Crippen LogP contribution in [0.4, 0.5) is 0 Å². The van der Waals surface area contributed by atoms with Gasteiger partial charge in [-0.2, -0.15) is 0 Å². The van der Waals surface area contributed by atoms with Gasteiger partial charge in [-0.25, -0.2) is 0 Å². The Morgan fingerprint density at radius 3 is 3.08 bits per heavy atom. The Morgan fingerprint density at radius 2 is 2.46 bits per heavy atom. The fourth-order valence-electron chi connectivity index (χ4n) is 0.682. The molecule has 0 N–H and O–H groups in total. The molecular weight excluding hydrogens is 206 g/mol. The lowest BCUT2D eigenvalue weighted by Gasteiger charge is -1.78. The van der Waals surface area contributed by atoms with E-state index in [1.54, 1.807) is 0 Å². The second kappa shape index (κ2) is 5.50. The Morgan fingerprint density at radius 1 is 1.62 bits per heavy atom. The van der Waals surface area contributed by atoms with Crippen LogP contribution in [0, 0.1) is 11.8 Å². The van der Waals surface area contributed by atoms with Crippen molar-refractivity contribution in [3.8, 4) is 11.8 Å². The Bertz CT molecular complexity index is 382. The summed E-state index contributed by atoms with van der Waals surface area (Å²) in [5.74, 6) is 5.81. The van der Waals surface area contributed by atoms with Crippen LogP contribution in [0.15, 0.2) is 17.2 Å². The van der Waals surface area contributed by atoms with Crippen LogP contribution in [0.3, 0.4) is 0 Å². The van der Waals surface area contributed by atoms with Gasteiger partial charge < -0.3 is 0 Å². The van der Waals surface area contributed by atoms with Gasteiger partial charge in [-0.15, -0.1) is 11.3 Å². The smallest absolute Gasteiger partial charge is 0.0941 e. The lowest BCUT2D eigenvalue weighted by molar-refractivity contribution is 1.02. The Balaban J connectivity index is 2.43. The molecule has 0 amide bonds. The summed E-state index contributed by atoms with van der Waals surface area (Å²) in [6, 6.07) is 3.68. The Hall–Kier alpha value is -1.14. The van der Waals surface area contributed by atoms with E-state index in [2.05, 4.69) is 21.9 Å². The molecular formula is C8H6ClN3S. The zero-order valence-electron chi connectivity index (χ0n) is 6.70. The van der Waals surface area contributed by atoms with E-state index in [-0.39, 0.29) is 0 Å². The van der Waals surface area contributed by atoms with Gasteiger partial charge in [0.1, 0.15) is 0 Å². The van der Waals surface area contributed by atoms with E-state index >= 15 is 0 Å². The van der Waals surface area contributed by atoms with Gasteiger partial charge in [-0.1, -0.05) is 28.6 Å². The summed E-state index contributed by atoms with van der Waals surface area (Å²) in [5.41, 5.74) is 7.98. The molecule has 5 heteroatoms. The summed E-state index contributed by atoms with van der Waals surface area (Å²) in [5, 5.41) is 3.36. The molecule has 0 aliphatic carbocycles. The second-order valence-electron chi connectivity index (χ2n) is 2.11. The molecule has 1 aromatic heterocycles. The summed E-state index contributed by atoms with van der Waals surface area (Å²) in [7, 11) is 0. The normalized spacial score (nSPS) is 8.38. The van der Waals surface area contributed by atoms with Crippen molar-refractivity contribution < 1.29 is 0 Å². The SMILES string of the molecule is [N-]=[N+]=NCCC#Cc1ccc(Cl)s1. The number of hydrogen-bond acceptors (Lipinski definition) is 2. The van der Waals surface area contributed by atoms with E-state index < -0.39 is 0 Å². The van der Waals surface area contributed by atoms with Crippen LogP contribution >= 0.6 is 22.9 Å². The zero-order valence-corrected chi connectivity index (χ0v) is 8.27. The van der Waals surface area contributed by atoms with Crippen molar-refractivity contribution >= 4 is 22.9 Å². The predicted molar refractivity (Wildman–Crippen MR) is 54.8 cm³/mol. The first-order valence-corrected chi connectivity index (χ1v) is 4.77. The third-order valence-corrected chi connectivity index (χ3v) is 2.33. The maximum absolute atomic E-state index is 7.98. The Labute approximate surface area is 85.0 Å². The van der Waals surface area contributed by atoms with Crippen molar-refractivity contribution in [3.63, 3.8) is 0 Å². The molecule has 0 saturated heterocycles. The van der Waals surface area contributed by atoms with Crippen molar-refractivity contribution in [2.45, 2.75) is 6.42 Å². The van der Waals surface area contributed by atoms with Crippen molar-refractivity contribution in [2.75, 3.05) is 6.54 Å². The maximum atomic E-state index is 7.98. The molecule has 0 spiro atoms. The molecule has 0 atom stereocenters. The number of thiophene rings is 1. The number of azide groups is 1. The molecule has 0 saturated carbocycles.